The van der Waals surface area contributed by atoms with E-state index >= 15 is 0 Å². The number of hydrogen-bond donors (Lipinski definition) is 2. The first-order chi connectivity index (χ1) is 13.2. The van der Waals surface area contributed by atoms with E-state index in [0.717, 1.165) is 44.1 Å². The summed E-state index contributed by atoms with van der Waals surface area (Å²) < 4.78 is 14.0. The lowest BCUT2D eigenvalue weighted by Crippen LogP contribution is -2.42. The second kappa shape index (κ2) is 7.94. The highest BCUT2D eigenvalue weighted by Gasteiger charge is 2.54. The predicted octanol–water partition coefficient (Wildman–Crippen LogP) is 4.31. The van der Waals surface area contributed by atoms with Crippen LogP contribution in [0.5, 0.6) is 0 Å². The van der Waals surface area contributed by atoms with Crippen LogP contribution in [0.2, 0.25) is 0 Å². The van der Waals surface area contributed by atoms with Gasteiger partial charge in [-0.15, -0.1) is 0 Å². The minimum Gasteiger partial charge on any atom is -0.480 e. The van der Waals surface area contributed by atoms with Crippen LogP contribution in [0.3, 0.4) is 0 Å². The van der Waals surface area contributed by atoms with Gasteiger partial charge in [0.2, 0.25) is 0 Å². The molecule has 154 valence electrons. The summed E-state index contributed by atoms with van der Waals surface area (Å²) in [5, 5.41) is 8.23. The summed E-state index contributed by atoms with van der Waals surface area (Å²) in [5.41, 5.74) is 7.27. The number of hydrogen-bond acceptors (Lipinski definition) is 3. The third-order valence-corrected chi connectivity index (χ3v) is 7.43. The molecule has 4 rings (SSSR count). The van der Waals surface area contributed by atoms with Crippen LogP contribution in [-0.2, 0) is 16.0 Å². The minimum absolute atomic E-state index is 0.0208. The normalized spacial score (nSPS) is 31.9. The standard InChI is InChI=1S/C18H21FO.C5H11NO2/c1-18-10-9-12-11-3-2-4-16(19)14(11)6-5-13(12)15(18)7-8-17(18)20;1-3(2)4(6)5(7)8/h2-4,12-13,15H,5-10H2,1H3;3-4H,6H2,1-2H3,(H,7,8)/t12-,13-,15+,18+;4-/m10/s1. The number of fused-ring (bicyclic) bond motifs is 5. The molecule has 1 aromatic carbocycles. The van der Waals surface area contributed by atoms with Crippen LogP contribution in [-0.4, -0.2) is 22.9 Å². The van der Waals surface area contributed by atoms with Crippen molar-refractivity contribution >= 4 is 11.8 Å². The van der Waals surface area contributed by atoms with Gasteiger partial charge < -0.3 is 10.8 Å². The largest absolute Gasteiger partial charge is 0.480 e. The number of benzene rings is 1. The van der Waals surface area contributed by atoms with Crippen LogP contribution in [0.1, 0.15) is 69.9 Å². The van der Waals surface area contributed by atoms with E-state index in [-0.39, 0.29) is 17.2 Å². The van der Waals surface area contributed by atoms with Gasteiger partial charge in [0.05, 0.1) is 0 Å². The number of carboxylic acids is 1. The maximum Gasteiger partial charge on any atom is 0.320 e. The Morgan fingerprint density at radius 2 is 1.96 bits per heavy atom. The first-order valence-corrected chi connectivity index (χ1v) is 10.5. The lowest BCUT2D eigenvalue weighted by atomic mass is 9.55. The van der Waals surface area contributed by atoms with Crippen molar-refractivity contribution < 1.29 is 19.1 Å². The van der Waals surface area contributed by atoms with Crippen LogP contribution < -0.4 is 5.73 Å². The fourth-order valence-corrected chi connectivity index (χ4v) is 5.63. The molecule has 0 aromatic heterocycles. The number of Topliss-reactive ketones (excluding diaryl/α,β-unsaturated/α-hetero) is 1. The van der Waals surface area contributed by atoms with Gasteiger partial charge in [0, 0.05) is 11.8 Å². The molecule has 2 saturated carbocycles. The molecule has 4 nitrogen and oxygen atoms in total. The molecule has 0 spiro atoms. The predicted molar refractivity (Wildman–Crippen MR) is 106 cm³/mol. The Morgan fingerprint density at radius 3 is 2.57 bits per heavy atom. The molecule has 0 aliphatic heterocycles. The second-order valence-corrected chi connectivity index (χ2v) is 9.25. The van der Waals surface area contributed by atoms with Crippen molar-refractivity contribution in [3.05, 3.63) is 35.1 Å². The molecule has 3 aliphatic rings. The number of nitrogens with two attached hydrogens (primary N) is 1. The van der Waals surface area contributed by atoms with E-state index in [4.69, 9.17) is 10.8 Å². The van der Waals surface area contributed by atoms with Gasteiger partial charge in [0.15, 0.2) is 0 Å². The van der Waals surface area contributed by atoms with Crippen LogP contribution in [0.15, 0.2) is 18.2 Å². The fraction of sp³-hybridized carbons (Fsp3) is 0.652. The maximum atomic E-state index is 14.0. The third kappa shape index (κ3) is 3.61. The highest BCUT2D eigenvalue weighted by molar-refractivity contribution is 5.87. The van der Waals surface area contributed by atoms with Crippen molar-refractivity contribution in [2.75, 3.05) is 0 Å². The topological polar surface area (TPSA) is 80.4 Å². The number of ketones is 1. The monoisotopic (exact) mass is 389 g/mol. The smallest absolute Gasteiger partial charge is 0.320 e. The molecular formula is C23H32FNO3. The van der Waals surface area contributed by atoms with Gasteiger partial charge in [-0.25, -0.2) is 4.39 Å². The molecule has 0 saturated heterocycles. The van der Waals surface area contributed by atoms with E-state index in [0.29, 0.717) is 23.5 Å². The van der Waals surface area contributed by atoms with Crippen molar-refractivity contribution in [2.45, 2.75) is 71.3 Å². The van der Waals surface area contributed by atoms with Crippen LogP contribution in [0.4, 0.5) is 4.39 Å². The van der Waals surface area contributed by atoms with E-state index in [2.05, 4.69) is 13.0 Å². The van der Waals surface area contributed by atoms with Crippen molar-refractivity contribution in [1.29, 1.82) is 0 Å². The Bertz CT molecular complexity index is 762. The molecule has 0 heterocycles. The number of carbonyl (C=O) groups is 2. The summed E-state index contributed by atoms with van der Waals surface area (Å²) in [6.45, 7) is 5.74. The van der Waals surface area contributed by atoms with E-state index in [1.165, 1.54) is 5.56 Å². The SMILES string of the molecule is CC(C)[C@H](N)C(=O)O.C[C@]12CC[C@@H]3c4cccc(F)c4CC[C@H]3[C@@H]1CCC2=O. The molecule has 0 radical (unpaired) electrons. The molecule has 0 unspecified atom stereocenters. The lowest BCUT2D eigenvalue weighted by molar-refractivity contribution is -0.139. The van der Waals surface area contributed by atoms with Gasteiger partial charge in [-0.3, -0.25) is 9.59 Å². The molecule has 5 atom stereocenters. The molecule has 1 aromatic rings. The lowest BCUT2D eigenvalue weighted by Gasteiger charge is -2.48. The second-order valence-electron chi connectivity index (χ2n) is 9.25. The van der Waals surface area contributed by atoms with E-state index < -0.39 is 12.0 Å². The zero-order valence-electron chi connectivity index (χ0n) is 17.1. The van der Waals surface area contributed by atoms with Crippen LogP contribution in [0.25, 0.3) is 0 Å². The van der Waals surface area contributed by atoms with Gasteiger partial charge >= 0.3 is 5.97 Å². The molecule has 0 bridgehead atoms. The van der Waals surface area contributed by atoms with Gasteiger partial charge in [0.25, 0.3) is 0 Å². The van der Waals surface area contributed by atoms with Crippen molar-refractivity contribution in [2.24, 2.45) is 28.9 Å². The number of aliphatic carboxylic acids is 1. The summed E-state index contributed by atoms with van der Waals surface area (Å²) in [6.07, 6.45) is 5.78. The average Bonchev–Trinajstić information content (AvgIpc) is 2.96. The summed E-state index contributed by atoms with van der Waals surface area (Å²) in [7, 11) is 0. The van der Waals surface area contributed by atoms with Gasteiger partial charge in [-0.1, -0.05) is 32.9 Å². The molecule has 5 heteroatoms. The van der Waals surface area contributed by atoms with Crippen molar-refractivity contribution in [1.82, 2.24) is 0 Å². The number of rotatable bonds is 2. The quantitative estimate of drug-likeness (QED) is 0.790. The van der Waals surface area contributed by atoms with E-state index in [1.54, 1.807) is 19.9 Å². The van der Waals surface area contributed by atoms with E-state index in [9.17, 15) is 14.0 Å². The number of halogens is 1. The Kier molecular flexibility index (Phi) is 5.95. The van der Waals surface area contributed by atoms with Crippen molar-refractivity contribution in [3.63, 3.8) is 0 Å². The summed E-state index contributed by atoms with van der Waals surface area (Å²) in [4.78, 5) is 22.3. The maximum absolute atomic E-state index is 14.0. The number of carbonyl (C=O) groups excluding carboxylic acids is 1. The zero-order chi connectivity index (χ0) is 20.6. The minimum atomic E-state index is -0.931. The van der Waals surface area contributed by atoms with Crippen LogP contribution >= 0.6 is 0 Å². The van der Waals surface area contributed by atoms with E-state index in [1.807, 2.05) is 6.07 Å². The molecule has 2 fully saturated rings. The molecule has 3 N–H and O–H groups in total. The summed E-state index contributed by atoms with van der Waals surface area (Å²) >= 11 is 0. The Labute approximate surface area is 166 Å². The fourth-order valence-electron chi connectivity index (χ4n) is 5.63. The Hall–Kier alpha value is -1.75. The van der Waals surface area contributed by atoms with Gasteiger partial charge in [0.1, 0.15) is 17.6 Å². The van der Waals surface area contributed by atoms with Gasteiger partial charge in [-0.2, -0.15) is 0 Å². The summed E-state index contributed by atoms with van der Waals surface area (Å²) in [6, 6.07) is 4.85. The highest BCUT2D eigenvalue weighted by atomic mass is 19.1. The zero-order valence-corrected chi connectivity index (χ0v) is 17.1. The number of carboxylic acid groups (broad SMARTS) is 1. The molecule has 28 heavy (non-hydrogen) atoms. The first kappa shape index (κ1) is 21.0. The van der Waals surface area contributed by atoms with Crippen molar-refractivity contribution in [3.8, 4) is 0 Å². The van der Waals surface area contributed by atoms with Crippen LogP contribution in [0, 0.1) is 29.0 Å². The molecule has 0 amide bonds. The average molecular weight is 390 g/mol. The Morgan fingerprint density at radius 1 is 1.25 bits per heavy atom. The summed E-state index contributed by atoms with van der Waals surface area (Å²) in [5.74, 6) is 1.15. The molecule has 3 aliphatic carbocycles. The Balaban J connectivity index is 0.000000242. The third-order valence-electron chi connectivity index (χ3n) is 7.43. The highest BCUT2D eigenvalue weighted by Crippen LogP contribution is 2.59. The molecular weight excluding hydrogens is 357 g/mol. The van der Waals surface area contributed by atoms with Gasteiger partial charge in [-0.05, 0) is 73.0 Å². The first-order valence-electron chi connectivity index (χ1n) is 10.5.